The van der Waals surface area contributed by atoms with Crippen LogP contribution in [0.3, 0.4) is 0 Å². The van der Waals surface area contributed by atoms with Gasteiger partial charge in [-0.1, -0.05) is 17.7 Å². The normalized spacial score (nSPS) is 19.6. The van der Waals surface area contributed by atoms with E-state index in [9.17, 15) is 0 Å². The van der Waals surface area contributed by atoms with Crippen LogP contribution in [0.5, 0.6) is 0 Å². The lowest BCUT2D eigenvalue weighted by atomic mass is 9.90. The van der Waals surface area contributed by atoms with Gasteiger partial charge in [-0.05, 0) is 30.5 Å². The van der Waals surface area contributed by atoms with Crippen LogP contribution in [0.1, 0.15) is 31.7 Å². The number of benzene rings is 1. The molecule has 4 N–H and O–H groups in total. The first-order chi connectivity index (χ1) is 13.6. The lowest BCUT2D eigenvalue weighted by Crippen LogP contribution is -2.35. The van der Waals surface area contributed by atoms with Gasteiger partial charge in [-0.15, -0.1) is 0 Å². The molecule has 7 nitrogen and oxygen atoms in total. The fraction of sp³-hybridized carbons (Fsp3) is 0.400. The monoisotopic (exact) mass is 399 g/mol. The van der Waals surface area contributed by atoms with Crippen LogP contribution >= 0.6 is 11.6 Å². The summed E-state index contributed by atoms with van der Waals surface area (Å²) in [6.07, 6.45) is 7.28. The molecule has 1 aromatic carbocycles. The Hall–Kier alpha value is -2.35. The molecule has 3 heterocycles. The Balaban J connectivity index is 1.57. The topological polar surface area (TPSA) is 101 Å². The Labute approximate surface area is 167 Å². The van der Waals surface area contributed by atoms with Crippen molar-refractivity contribution in [3.63, 3.8) is 0 Å². The predicted molar refractivity (Wildman–Crippen MR) is 109 cm³/mol. The smallest absolute Gasteiger partial charge is 0.168 e. The number of ether oxygens (including phenoxy) is 2. The van der Waals surface area contributed by atoms with Gasteiger partial charge in [0.15, 0.2) is 5.79 Å². The largest absolute Gasteiger partial charge is 0.398 e. The van der Waals surface area contributed by atoms with Gasteiger partial charge in [0.05, 0.1) is 29.3 Å². The van der Waals surface area contributed by atoms with E-state index in [0.29, 0.717) is 35.8 Å². The van der Waals surface area contributed by atoms with Crippen LogP contribution in [0, 0.1) is 0 Å². The second kappa shape index (κ2) is 6.62. The summed E-state index contributed by atoms with van der Waals surface area (Å²) in [6.45, 7) is 1.37. The molecule has 0 unspecified atom stereocenters. The first-order valence-corrected chi connectivity index (χ1v) is 9.88. The maximum Gasteiger partial charge on any atom is 0.168 e. The quantitative estimate of drug-likeness (QED) is 0.636. The number of rotatable bonds is 2. The van der Waals surface area contributed by atoms with Crippen LogP contribution in [0.4, 0.5) is 11.5 Å². The second-order valence-corrected chi connectivity index (χ2v) is 7.89. The first kappa shape index (κ1) is 17.7. The van der Waals surface area contributed by atoms with Gasteiger partial charge < -0.3 is 25.5 Å². The molecule has 0 amide bonds. The fourth-order valence-corrected chi connectivity index (χ4v) is 4.59. The number of hydrogen-bond donors (Lipinski definition) is 2. The Morgan fingerprint density at radius 2 is 1.86 bits per heavy atom. The summed E-state index contributed by atoms with van der Waals surface area (Å²) >= 11 is 6.26. The third-order valence-corrected chi connectivity index (χ3v) is 6.20. The number of nitrogen functional groups attached to an aromatic ring is 2. The molecule has 1 spiro atoms. The summed E-state index contributed by atoms with van der Waals surface area (Å²) in [6, 6.07) is 5.91. The van der Waals surface area contributed by atoms with E-state index >= 15 is 0 Å². The molecule has 8 heteroatoms. The molecule has 0 radical (unpaired) electrons. The molecule has 2 aromatic heterocycles. The van der Waals surface area contributed by atoms with Crippen molar-refractivity contribution in [3.05, 3.63) is 35.7 Å². The van der Waals surface area contributed by atoms with Crippen molar-refractivity contribution in [2.45, 2.75) is 37.5 Å². The molecule has 146 valence electrons. The summed E-state index contributed by atoms with van der Waals surface area (Å²) in [4.78, 5) is 8.75. The van der Waals surface area contributed by atoms with Crippen LogP contribution in [-0.4, -0.2) is 33.5 Å². The van der Waals surface area contributed by atoms with Crippen LogP contribution in [0.15, 0.2) is 30.7 Å². The average molecular weight is 400 g/mol. The maximum atomic E-state index is 6.26. The highest BCUT2D eigenvalue weighted by Crippen LogP contribution is 2.43. The Morgan fingerprint density at radius 1 is 1.11 bits per heavy atom. The van der Waals surface area contributed by atoms with E-state index in [2.05, 4.69) is 20.7 Å². The molecule has 0 atom stereocenters. The second-order valence-electron chi connectivity index (χ2n) is 7.48. The number of anilines is 2. The van der Waals surface area contributed by atoms with Gasteiger partial charge >= 0.3 is 0 Å². The molecule has 2 fully saturated rings. The zero-order valence-electron chi connectivity index (χ0n) is 15.4. The van der Waals surface area contributed by atoms with E-state index in [4.69, 9.17) is 32.5 Å². The summed E-state index contributed by atoms with van der Waals surface area (Å²) in [5, 5.41) is 1.36. The molecule has 1 aliphatic carbocycles. The highest BCUT2D eigenvalue weighted by atomic mass is 35.5. The predicted octanol–water partition coefficient (Wildman–Crippen LogP) is 3.77. The number of aromatic nitrogens is 3. The van der Waals surface area contributed by atoms with Gasteiger partial charge in [0.25, 0.3) is 0 Å². The summed E-state index contributed by atoms with van der Waals surface area (Å²) < 4.78 is 14.0. The zero-order chi connectivity index (χ0) is 19.3. The molecule has 1 aliphatic heterocycles. The fourth-order valence-electron chi connectivity index (χ4n) is 4.41. The lowest BCUT2D eigenvalue weighted by Gasteiger charge is -2.36. The zero-order valence-corrected chi connectivity index (χ0v) is 16.2. The van der Waals surface area contributed by atoms with Gasteiger partial charge in [-0.25, -0.2) is 9.97 Å². The van der Waals surface area contributed by atoms with E-state index in [1.165, 1.54) is 6.33 Å². The summed E-state index contributed by atoms with van der Waals surface area (Å²) in [5.74, 6) is 0.0715. The van der Waals surface area contributed by atoms with E-state index in [1.54, 1.807) is 6.07 Å². The van der Waals surface area contributed by atoms with E-state index in [1.807, 2.05) is 12.1 Å². The molecule has 28 heavy (non-hydrogen) atoms. The van der Waals surface area contributed by atoms with Crippen molar-refractivity contribution < 1.29 is 9.47 Å². The van der Waals surface area contributed by atoms with Gasteiger partial charge in [0.2, 0.25) is 0 Å². The number of hydrogen-bond acceptors (Lipinski definition) is 6. The number of nitrogens with two attached hydrogens (primary N) is 2. The molecule has 1 saturated heterocycles. The first-order valence-electron chi connectivity index (χ1n) is 9.51. The van der Waals surface area contributed by atoms with Crippen molar-refractivity contribution in [3.8, 4) is 11.1 Å². The average Bonchev–Trinajstić information content (AvgIpc) is 3.31. The molecule has 2 aliphatic rings. The summed E-state index contributed by atoms with van der Waals surface area (Å²) in [7, 11) is 0. The van der Waals surface area contributed by atoms with Gasteiger partial charge in [0, 0.05) is 30.6 Å². The van der Waals surface area contributed by atoms with Gasteiger partial charge in [0.1, 0.15) is 17.8 Å². The molecule has 3 aromatic rings. The standard InChI is InChI=1S/C20H22ClN5O2/c21-15-9-12(1-2-16(15)22)14-10-26(19-17(14)18(23)24-11-25-19)13-3-5-20(6-4-13)27-7-8-28-20/h1-2,9-11,13H,3-8,22H2,(H2,23,24,25). The van der Waals surface area contributed by atoms with Crippen molar-refractivity contribution in [2.24, 2.45) is 0 Å². The molecule has 1 saturated carbocycles. The Bertz CT molecular complexity index is 1030. The van der Waals surface area contributed by atoms with E-state index in [0.717, 1.165) is 47.8 Å². The van der Waals surface area contributed by atoms with Crippen molar-refractivity contribution in [1.82, 2.24) is 14.5 Å². The Kier molecular flexibility index (Phi) is 4.19. The number of halogens is 1. The van der Waals surface area contributed by atoms with Crippen molar-refractivity contribution in [1.29, 1.82) is 0 Å². The van der Waals surface area contributed by atoms with E-state index < -0.39 is 0 Å². The van der Waals surface area contributed by atoms with Crippen LogP contribution in [-0.2, 0) is 9.47 Å². The van der Waals surface area contributed by atoms with Gasteiger partial charge in [-0.2, -0.15) is 0 Å². The minimum absolute atomic E-state index is 0.299. The number of fused-ring (bicyclic) bond motifs is 1. The third kappa shape index (κ3) is 2.82. The third-order valence-electron chi connectivity index (χ3n) is 5.87. The van der Waals surface area contributed by atoms with Crippen LogP contribution < -0.4 is 11.5 Å². The Morgan fingerprint density at radius 3 is 2.57 bits per heavy atom. The highest BCUT2D eigenvalue weighted by Gasteiger charge is 2.41. The van der Waals surface area contributed by atoms with Crippen molar-refractivity contribution >= 4 is 34.1 Å². The molecular weight excluding hydrogens is 378 g/mol. The van der Waals surface area contributed by atoms with Crippen molar-refractivity contribution in [2.75, 3.05) is 24.7 Å². The minimum Gasteiger partial charge on any atom is -0.398 e. The lowest BCUT2D eigenvalue weighted by molar-refractivity contribution is -0.181. The highest BCUT2D eigenvalue weighted by molar-refractivity contribution is 6.33. The SMILES string of the molecule is Nc1ccc(-c2cn(C3CCC4(CC3)OCCO4)c3ncnc(N)c23)cc1Cl. The van der Waals surface area contributed by atoms with Gasteiger partial charge in [-0.3, -0.25) is 0 Å². The van der Waals surface area contributed by atoms with E-state index in [-0.39, 0.29) is 5.79 Å². The number of nitrogens with zero attached hydrogens (tertiary/aromatic N) is 3. The molecular formula is C20H22ClN5O2. The summed E-state index contributed by atoms with van der Waals surface area (Å²) in [5.41, 5.74) is 15.4. The molecule has 0 bridgehead atoms. The van der Waals surface area contributed by atoms with Crippen LogP contribution in [0.2, 0.25) is 5.02 Å². The van der Waals surface area contributed by atoms with Crippen LogP contribution in [0.25, 0.3) is 22.2 Å². The maximum absolute atomic E-state index is 6.26. The minimum atomic E-state index is -0.388. The molecule has 5 rings (SSSR count).